The van der Waals surface area contributed by atoms with Crippen LogP contribution in [0.3, 0.4) is 0 Å². The summed E-state index contributed by atoms with van der Waals surface area (Å²) in [5.74, 6) is 1.87. The summed E-state index contributed by atoms with van der Waals surface area (Å²) in [5, 5.41) is 6.74. The Morgan fingerprint density at radius 3 is 2.46 bits per heavy atom. The molecule has 2 N–H and O–H groups in total. The van der Waals surface area contributed by atoms with Gasteiger partial charge in [0.05, 0.1) is 11.0 Å². The van der Waals surface area contributed by atoms with Crippen LogP contribution in [0.15, 0.2) is 59.6 Å². The smallest absolute Gasteiger partial charge is 0.191 e. The molecule has 0 saturated heterocycles. The SMILES string of the molecule is CN=C(NCCc1ccccc1)NCCn1c(C)nc2ccccc21.I. The molecule has 138 valence electrons. The van der Waals surface area contributed by atoms with Crippen LogP contribution >= 0.6 is 24.0 Å². The summed E-state index contributed by atoms with van der Waals surface area (Å²) in [7, 11) is 1.80. The lowest BCUT2D eigenvalue weighted by atomic mass is 10.1. The Hall–Kier alpha value is -2.09. The zero-order valence-electron chi connectivity index (χ0n) is 15.3. The number of para-hydroxylation sites is 2. The summed E-state index contributed by atoms with van der Waals surface area (Å²) < 4.78 is 2.24. The monoisotopic (exact) mass is 463 g/mol. The fourth-order valence-corrected chi connectivity index (χ4v) is 2.95. The molecular weight excluding hydrogens is 437 g/mol. The van der Waals surface area contributed by atoms with Crippen molar-refractivity contribution in [3.8, 4) is 0 Å². The fourth-order valence-electron chi connectivity index (χ4n) is 2.95. The molecule has 0 bridgehead atoms. The van der Waals surface area contributed by atoms with E-state index in [1.165, 1.54) is 11.1 Å². The number of imidazole rings is 1. The highest BCUT2D eigenvalue weighted by molar-refractivity contribution is 14.0. The molecule has 0 aliphatic heterocycles. The number of benzene rings is 2. The molecule has 2 aromatic carbocycles. The Morgan fingerprint density at radius 2 is 1.69 bits per heavy atom. The first kappa shape index (κ1) is 20.2. The Morgan fingerprint density at radius 1 is 1.00 bits per heavy atom. The predicted molar refractivity (Wildman–Crippen MR) is 119 cm³/mol. The molecule has 6 heteroatoms. The van der Waals surface area contributed by atoms with Crippen molar-refractivity contribution < 1.29 is 0 Å². The topological polar surface area (TPSA) is 54.2 Å². The predicted octanol–water partition coefficient (Wildman–Crippen LogP) is 3.37. The normalized spacial score (nSPS) is 11.2. The summed E-state index contributed by atoms with van der Waals surface area (Å²) in [4.78, 5) is 8.90. The number of nitrogens with zero attached hydrogens (tertiary/aromatic N) is 3. The molecule has 0 aliphatic carbocycles. The van der Waals surface area contributed by atoms with Crippen LogP contribution in [0.5, 0.6) is 0 Å². The number of rotatable bonds is 6. The molecule has 0 atom stereocenters. The highest BCUT2D eigenvalue weighted by atomic mass is 127. The van der Waals surface area contributed by atoms with E-state index in [-0.39, 0.29) is 24.0 Å². The van der Waals surface area contributed by atoms with Crippen LogP contribution in [0.4, 0.5) is 0 Å². The van der Waals surface area contributed by atoms with E-state index in [1.54, 1.807) is 7.05 Å². The zero-order valence-corrected chi connectivity index (χ0v) is 17.6. The molecule has 0 fully saturated rings. The third kappa shape index (κ3) is 5.20. The van der Waals surface area contributed by atoms with Crippen molar-refractivity contribution in [1.29, 1.82) is 0 Å². The Balaban J connectivity index is 0.00000243. The summed E-state index contributed by atoms with van der Waals surface area (Å²) in [6.07, 6.45) is 0.979. The molecule has 3 aromatic rings. The molecule has 0 saturated carbocycles. The molecular formula is C20H26IN5. The first-order valence-electron chi connectivity index (χ1n) is 8.68. The van der Waals surface area contributed by atoms with Crippen LogP contribution in [0.25, 0.3) is 11.0 Å². The van der Waals surface area contributed by atoms with Crippen LogP contribution in [0.2, 0.25) is 0 Å². The molecule has 0 unspecified atom stereocenters. The van der Waals surface area contributed by atoms with Crippen LogP contribution in [0, 0.1) is 6.92 Å². The van der Waals surface area contributed by atoms with Gasteiger partial charge in [-0.3, -0.25) is 4.99 Å². The van der Waals surface area contributed by atoms with Gasteiger partial charge in [0.25, 0.3) is 0 Å². The van der Waals surface area contributed by atoms with Gasteiger partial charge in [-0.2, -0.15) is 0 Å². The van der Waals surface area contributed by atoms with Gasteiger partial charge in [0.15, 0.2) is 5.96 Å². The van der Waals surface area contributed by atoms with Crippen molar-refractivity contribution in [3.63, 3.8) is 0 Å². The van der Waals surface area contributed by atoms with E-state index in [0.717, 1.165) is 43.4 Å². The van der Waals surface area contributed by atoms with Gasteiger partial charge in [-0.05, 0) is 31.0 Å². The minimum atomic E-state index is 0. The Kier molecular flexibility index (Phi) is 7.90. The second-order valence-electron chi connectivity index (χ2n) is 5.96. The van der Waals surface area contributed by atoms with E-state index in [4.69, 9.17) is 0 Å². The maximum atomic E-state index is 4.60. The van der Waals surface area contributed by atoms with Crippen molar-refractivity contribution in [2.75, 3.05) is 20.1 Å². The molecule has 0 aliphatic rings. The maximum absolute atomic E-state index is 4.60. The lowest BCUT2D eigenvalue weighted by Crippen LogP contribution is -2.39. The zero-order chi connectivity index (χ0) is 17.5. The second-order valence-corrected chi connectivity index (χ2v) is 5.96. The number of aliphatic imine (C=N–C) groups is 1. The van der Waals surface area contributed by atoms with Crippen LogP contribution in [-0.2, 0) is 13.0 Å². The lowest BCUT2D eigenvalue weighted by Gasteiger charge is -2.13. The molecule has 0 radical (unpaired) electrons. The molecule has 3 rings (SSSR count). The van der Waals surface area contributed by atoms with Gasteiger partial charge >= 0.3 is 0 Å². The highest BCUT2D eigenvalue weighted by Gasteiger charge is 2.06. The van der Waals surface area contributed by atoms with Crippen molar-refractivity contribution in [2.45, 2.75) is 19.9 Å². The van der Waals surface area contributed by atoms with Crippen molar-refractivity contribution in [1.82, 2.24) is 20.2 Å². The third-order valence-corrected chi connectivity index (χ3v) is 4.25. The summed E-state index contributed by atoms with van der Waals surface area (Å²) in [6, 6.07) is 18.7. The molecule has 0 amide bonds. The second kappa shape index (κ2) is 10.2. The number of guanidine groups is 1. The number of nitrogens with one attached hydrogen (secondary N) is 2. The average Bonchev–Trinajstić information content (AvgIpc) is 2.97. The maximum Gasteiger partial charge on any atom is 0.191 e. The number of aromatic nitrogens is 2. The third-order valence-electron chi connectivity index (χ3n) is 4.25. The van der Waals surface area contributed by atoms with Gasteiger partial charge in [0.1, 0.15) is 5.82 Å². The molecule has 5 nitrogen and oxygen atoms in total. The summed E-state index contributed by atoms with van der Waals surface area (Å²) in [5.41, 5.74) is 3.55. The Bertz CT molecular complexity index is 842. The number of aryl methyl sites for hydroxylation is 1. The quantitative estimate of drug-likeness (QED) is 0.335. The van der Waals surface area contributed by atoms with Gasteiger partial charge in [-0.1, -0.05) is 42.5 Å². The van der Waals surface area contributed by atoms with E-state index in [9.17, 15) is 0 Å². The van der Waals surface area contributed by atoms with Gasteiger partial charge in [0.2, 0.25) is 0 Å². The van der Waals surface area contributed by atoms with E-state index in [1.807, 2.05) is 19.1 Å². The van der Waals surface area contributed by atoms with Crippen LogP contribution in [-0.4, -0.2) is 35.6 Å². The molecule has 0 spiro atoms. The first-order chi connectivity index (χ1) is 12.3. The van der Waals surface area contributed by atoms with E-state index in [2.05, 4.69) is 67.6 Å². The number of halogens is 1. The molecule has 26 heavy (non-hydrogen) atoms. The first-order valence-corrected chi connectivity index (χ1v) is 8.68. The van der Waals surface area contributed by atoms with Gasteiger partial charge in [-0.25, -0.2) is 4.98 Å². The summed E-state index contributed by atoms with van der Waals surface area (Å²) in [6.45, 7) is 4.56. The summed E-state index contributed by atoms with van der Waals surface area (Å²) >= 11 is 0. The van der Waals surface area contributed by atoms with E-state index < -0.39 is 0 Å². The van der Waals surface area contributed by atoms with Crippen LogP contribution < -0.4 is 10.6 Å². The minimum Gasteiger partial charge on any atom is -0.356 e. The van der Waals surface area contributed by atoms with Gasteiger partial charge in [-0.15, -0.1) is 24.0 Å². The lowest BCUT2D eigenvalue weighted by molar-refractivity contribution is 0.659. The van der Waals surface area contributed by atoms with Gasteiger partial charge < -0.3 is 15.2 Å². The largest absolute Gasteiger partial charge is 0.356 e. The van der Waals surface area contributed by atoms with E-state index in [0.29, 0.717) is 0 Å². The molecule has 1 aromatic heterocycles. The standard InChI is InChI=1S/C20H25N5.HI/c1-16-24-18-10-6-7-11-19(18)25(16)15-14-23-20(21-2)22-13-12-17-8-4-3-5-9-17;/h3-11H,12-15H2,1-2H3,(H2,21,22,23);1H. The highest BCUT2D eigenvalue weighted by Crippen LogP contribution is 2.14. The van der Waals surface area contributed by atoms with Crippen molar-refractivity contribution >= 4 is 41.0 Å². The molecule has 1 heterocycles. The number of hydrogen-bond acceptors (Lipinski definition) is 2. The number of fused-ring (bicyclic) bond motifs is 1. The minimum absolute atomic E-state index is 0. The van der Waals surface area contributed by atoms with Crippen molar-refractivity contribution in [2.24, 2.45) is 4.99 Å². The van der Waals surface area contributed by atoms with E-state index >= 15 is 0 Å². The fraction of sp³-hybridized carbons (Fsp3) is 0.300. The van der Waals surface area contributed by atoms with Crippen LogP contribution in [0.1, 0.15) is 11.4 Å². The Labute approximate surface area is 172 Å². The average molecular weight is 463 g/mol. The number of hydrogen-bond donors (Lipinski definition) is 2. The van der Waals surface area contributed by atoms with Gasteiger partial charge in [0, 0.05) is 26.7 Å². The van der Waals surface area contributed by atoms with Crippen molar-refractivity contribution in [3.05, 3.63) is 66.0 Å².